The largest absolute Gasteiger partial charge is 0.455 e. The van der Waals surface area contributed by atoms with Crippen LogP contribution in [0.2, 0.25) is 0 Å². The van der Waals surface area contributed by atoms with E-state index in [0.717, 1.165) is 22.2 Å². The minimum atomic E-state index is -0.395. The fourth-order valence-electron chi connectivity index (χ4n) is 3.16. The van der Waals surface area contributed by atoms with Crippen molar-refractivity contribution in [2.75, 3.05) is 5.32 Å². The second-order valence-corrected chi connectivity index (χ2v) is 7.86. The van der Waals surface area contributed by atoms with Crippen LogP contribution < -0.4 is 5.32 Å². The number of thiazole rings is 1. The van der Waals surface area contributed by atoms with Crippen LogP contribution in [-0.4, -0.2) is 20.7 Å². The van der Waals surface area contributed by atoms with Gasteiger partial charge in [-0.3, -0.25) is 0 Å². The van der Waals surface area contributed by atoms with Crippen LogP contribution in [0.15, 0.2) is 60.0 Å². The highest BCUT2D eigenvalue weighted by molar-refractivity contribution is 7.13. The van der Waals surface area contributed by atoms with E-state index < -0.39 is 5.97 Å². The molecule has 0 saturated carbocycles. The number of aromatic nitrogens is 3. The lowest BCUT2D eigenvalue weighted by Gasteiger charge is -2.06. The van der Waals surface area contributed by atoms with Crippen LogP contribution in [0.4, 0.5) is 10.8 Å². The number of hydrogen-bond donors (Lipinski definition) is 1. The first-order valence-electron chi connectivity index (χ1n) is 9.58. The Hall–Kier alpha value is -3.45. The molecule has 0 aliphatic carbocycles. The third-order valence-electron chi connectivity index (χ3n) is 4.70. The van der Waals surface area contributed by atoms with Gasteiger partial charge >= 0.3 is 5.97 Å². The molecule has 0 fully saturated rings. The Balaban J connectivity index is 1.42. The molecule has 0 radical (unpaired) electrons. The number of carbonyl (C=O) groups is 1. The Bertz CT molecular complexity index is 1160. The van der Waals surface area contributed by atoms with Gasteiger partial charge in [-0.1, -0.05) is 35.9 Å². The van der Waals surface area contributed by atoms with Gasteiger partial charge in [-0.15, -0.1) is 11.3 Å². The SMILES string of the molecule is Cc1ccc(Nc2nc(COC(=O)c3c(C)nn(-c4ccccc4)c3C)cs2)cc1. The number of rotatable bonds is 6. The molecule has 152 valence electrons. The van der Waals surface area contributed by atoms with E-state index >= 15 is 0 Å². The molecule has 0 atom stereocenters. The van der Waals surface area contributed by atoms with Crippen LogP contribution >= 0.6 is 11.3 Å². The lowest BCUT2D eigenvalue weighted by molar-refractivity contribution is 0.0466. The van der Waals surface area contributed by atoms with E-state index in [-0.39, 0.29) is 6.61 Å². The summed E-state index contributed by atoms with van der Waals surface area (Å²) < 4.78 is 7.29. The summed E-state index contributed by atoms with van der Waals surface area (Å²) in [5.74, 6) is -0.395. The molecule has 0 unspecified atom stereocenters. The molecule has 6 nitrogen and oxygen atoms in total. The number of anilines is 2. The zero-order valence-electron chi connectivity index (χ0n) is 17.0. The van der Waals surface area contributed by atoms with Crippen molar-refractivity contribution < 1.29 is 9.53 Å². The standard InChI is InChI=1S/C23H22N4O2S/c1-15-9-11-18(12-10-15)24-23-25-19(14-30-23)13-29-22(28)21-16(2)26-27(17(21)3)20-7-5-4-6-8-20/h4-12,14H,13H2,1-3H3,(H,24,25). The van der Waals surface area contributed by atoms with Crippen molar-refractivity contribution in [1.29, 1.82) is 0 Å². The van der Waals surface area contributed by atoms with Gasteiger partial charge in [0.25, 0.3) is 0 Å². The van der Waals surface area contributed by atoms with Gasteiger partial charge in [-0.05, 0) is 45.0 Å². The van der Waals surface area contributed by atoms with Gasteiger partial charge in [0, 0.05) is 11.1 Å². The van der Waals surface area contributed by atoms with E-state index in [1.54, 1.807) is 4.68 Å². The van der Waals surface area contributed by atoms with Crippen LogP contribution in [-0.2, 0) is 11.3 Å². The topological polar surface area (TPSA) is 69.0 Å². The van der Waals surface area contributed by atoms with E-state index in [0.29, 0.717) is 17.0 Å². The smallest absolute Gasteiger partial charge is 0.342 e. The van der Waals surface area contributed by atoms with E-state index in [1.165, 1.54) is 16.9 Å². The predicted molar refractivity (Wildman–Crippen MR) is 119 cm³/mol. The highest BCUT2D eigenvalue weighted by atomic mass is 32.1. The molecule has 30 heavy (non-hydrogen) atoms. The zero-order valence-corrected chi connectivity index (χ0v) is 17.9. The summed E-state index contributed by atoms with van der Waals surface area (Å²) in [5, 5.41) is 10.4. The molecule has 2 heterocycles. The molecule has 0 saturated heterocycles. The van der Waals surface area contributed by atoms with Crippen molar-refractivity contribution >= 4 is 28.1 Å². The van der Waals surface area contributed by atoms with Gasteiger partial charge in [-0.2, -0.15) is 5.10 Å². The maximum Gasteiger partial charge on any atom is 0.342 e. The highest BCUT2D eigenvalue weighted by Crippen LogP contribution is 2.23. The molecule has 1 N–H and O–H groups in total. The maximum absolute atomic E-state index is 12.7. The molecule has 0 spiro atoms. The summed E-state index contributed by atoms with van der Waals surface area (Å²) in [5.41, 5.74) is 5.67. The average molecular weight is 419 g/mol. The summed E-state index contributed by atoms with van der Waals surface area (Å²) >= 11 is 1.47. The summed E-state index contributed by atoms with van der Waals surface area (Å²) in [7, 11) is 0. The third kappa shape index (κ3) is 4.26. The Morgan fingerprint density at radius 2 is 1.80 bits per heavy atom. The molecule has 0 aliphatic heterocycles. The number of ether oxygens (including phenoxy) is 1. The highest BCUT2D eigenvalue weighted by Gasteiger charge is 2.21. The molecular weight excluding hydrogens is 396 g/mol. The van der Waals surface area contributed by atoms with Crippen molar-refractivity contribution in [3.8, 4) is 5.69 Å². The van der Waals surface area contributed by atoms with Gasteiger partial charge in [0.05, 0.1) is 22.8 Å². The summed E-state index contributed by atoms with van der Waals surface area (Å²) in [6.45, 7) is 5.85. The molecule has 2 aromatic heterocycles. The number of carbonyl (C=O) groups excluding carboxylic acids is 1. The molecule has 2 aromatic carbocycles. The van der Waals surface area contributed by atoms with Gasteiger partial charge in [0.15, 0.2) is 5.13 Å². The molecule has 4 aromatic rings. The van der Waals surface area contributed by atoms with Crippen molar-refractivity contribution in [2.24, 2.45) is 0 Å². The average Bonchev–Trinajstić information content (AvgIpc) is 3.32. The number of nitrogens with zero attached hydrogens (tertiary/aromatic N) is 3. The second kappa shape index (κ2) is 8.51. The molecule has 0 bridgehead atoms. The molecule has 0 aliphatic rings. The molecule has 0 amide bonds. The summed E-state index contributed by atoms with van der Waals surface area (Å²) in [6.07, 6.45) is 0. The lowest BCUT2D eigenvalue weighted by atomic mass is 10.2. The Morgan fingerprint density at radius 1 is 1.07 bits per heavy atom. The monoisotopic (exact) mass is 418 g/mol. The third-order valence-corrected chi connectivity index (χ3v) is 5.51. The first-order chi connectivity index (χ1) is 14.5. The Morgan fingerprint density at radius 3 is 2.53 bits per heavy atom. The number of para-hydroxylation sites is 1. The van der Waals surface area contributed by atoms with Gasteiger partial charge in [-0.25, -0.2) is 14.5 Å². The number of esters is 1. The van der Waals surface area contributed by atoms with Crippen molar-refractivity contribution in [1.82, 2.24) is 14.8 Å². The van der Waals surface area contributed by atoms with Crippen LogP contribution in [0, 0.1) is 20.8 Å². The first kappa shape index (κ1) is 19.8. The predicted octanol–water partition coefficient (Wildman–Crippen LogP) is 5.35. The first-order valence-corrected chi connectivity index (χ1v) is 10.5. The van der Waals surface area contributed by atoms with Gasteiger partial charge in [0.2, 0.25) is 0 Å². The number of hydrogen-bond acceptors (Lipinski definition) is 6. The Labute approximate surface area is 179 Å². The number of benzene rings is 2. The lowest BCUT2D eigenvalue weighted by Crippen LogP contribution is -2.08. The fourth-order valence-corrected chi connectivity index (χ4v) is 3.88. The fraction of sp³-hybridized carbons (Fsp3) is 0.174. The van der Waals surface area contributed by atoms with Crippen molar-refractivity contribution in [3.05, 3.63) is 88.2 Å². The minimum Gasteiger partial charge on any atom is -0.455 e. The van der Waals surface area contributed by atoms with E-state index in [9.17, 15) is 4.79 Å². The maximum atomic E-state index is 12.7. The van der Waals surface area contributed by atoms with E-state index in [2.05, 4.69) is 15.4 Å². The number of nitrogens with one attached hydrogen (secondary N) is 1. The molecule has 4 rings (SSSR count). The molecule has 7 heteroatoms. The van der Waals surface area contributed by atoms with Crippen molar-refractivity contribution in [2.45, 2.75) is 27.4 Å². The van der Waals surface area contributed by atoms with Crippen molar-refractivity contribution in [3.63, 3.8) is 0 Å². The molecular formula is C23H22N4O2S. The summed E-state index contributed by atoms with van der Waals surface area (Å²) in [6, 6.07) is 17.8. The second-order valence-electron chi connectivity index (χ2n) is 7.00. The Kier molecular flexibility index (Phi) is 5.63. The zero-order chi connectivity index (χ0) is 21.1. The summed E-state index contributed by atoms with van der Waals surface area (Å²) in [4.78, 5) is 17.2. The minimum absolute atomic E-state index is 0.111. The van der Waals surface area contributed by atoms with Gasteiger partial charge < -0.3 is 10.1 Å². The van der Waals surface area contributed by atoms with Crippen LogP contribution in [0.1, 0.15) is 33.0 Å². The number of aryl methyl sites for hydroxylation is 2. The van der Waals surface area contributed by atoms with Crippen LogP contribution in [0.3, 0.4) is 0 Å². The normalized spacial score (nSPS) is 10.8. The van der Waals surface area contributed by atoms with E-state index in [1.807, 2.05) is 80.7 Å². The van der Waals surface area contributed by atoms with E-state index in [4.69, 9.17) is 4.74 Å². The van der Waals surface area contributed by atoms with Crippen LogP contribution in [0.5, 0.6) is 0 Å². The van der Waals surface area contributed by atoms with Gasteiger partial charge in [0.1, 0.15) is 12.2 Å². The quantitative estimate of drug-likeness (QED) is 0.427. The van der Waals surface area contributed by atoms with Crippen LogP contribution in [0.25, 0.3) is 5.69 Å².